The summed E-state index contributed by atoms with van der Waals surface area (Å²) in [6.07, 6.45) is 2.34. The summed E-state index contributed by atoms with van der Waals surface area (Å²) in [4.78, 5) is 0. The number of methoxy groups -OCH3 is 1. The van der Waals surface area contributed by atoms with Gasteiger partial charge in [-0.3, -0.25) is 0 Å². The van der Waals surface area contributed by atoms with Crippen LogP contribution in [-0.2, 0) is 6.54 Å². The number of rotatable bonds is 4. The van der Waals surface area contributed by atoms with Crippen LogP contribution in [0.3, 0.4) is 0 Å². The largest absolute Gasteiger partial charge is 0.493 e. The Morgan fingerprint density at radius 1 is 1.47 bits per heavy atom. The van der Waals surface area contributed by atoms with Gasteiger partial charge in [-0.2, -0.15) is 0 Å². The molecule has 0 radical (unpaired) electrons. The van der Waals surface area contributed by atoms with Crippen LogP contribution in [0, 0.1) is 5.82 Å². The average Bonchev–Trinajstić information content (AvgIpc) is 3.03. The van der Waals surface area contributed by atoms with Gasteiger partial charge in [-0.25, -0.2) is 4.39 Å². The van der Waals surface area contributed by atoms with E-state index in [9.17, 15) is 4.39 Å². The third-order valence-electron chi connectivity index (χ3n) is 2.35. The zero-order valence-corrected chi connectivity index (χ0v) is 8.63. The van der Waals surface area contributed by atoms with Gasteiger partial charge in [0, 0.05) is 18.2 Å². The van der Waals surface area contributed by atoms with Crippen LogP contribution in [0.2, 0.25) is 0 Å². The lowest BCUT2D eigenvalue weighted by Gasteiger charge is -2.13. The van der Waals surface area contributed by atoms with Gasteiger partial charge in [-0.1, -0.05) is 0 Å². The van der Waals surface area contributed by atoms with Crippen LogP contribution >= 0.6 is 0 Å². The zero-order chi connectivity index (χ0) is 10.8. The maximum Gasteiger partial charge on any atom is 0.166 e. The Morgan fingerprint density at radius 3 is 2.73 bits per heavy atom. The minimum Gasteiger partial charge on any atom is -0.493 e. The highest BCUT2D eigenvalue weighted by molar-refractivity contribution is 5.47. The summed E-state index contributed by atoms with van der Waals surface area (Å²) in [5.74, 6) is 0.654. The lowest BCUT2D eigenvalue weighted by Crippen LogP contribution is -2.06. The van der Waals surface area contributed by atoms with Crippen LogP contribution in [0.1, 0.15) is 18.4 Å². The number of benzene rings is 1. The number of ether oxygens (including phenoxy) is 2. The molecule has 1 fully saturated rings. The molecule has 2 rings (SSSR count). The topological polar surface area (TPSA) is 44.5 Å². The fraction of sp³-hybridized carbons (Fsp3) is 0.455. The first-order valence-electron chi connectivity index (χ1n) is 4.97. The molecular weight excluding hydrogens is 197 g/mol. The molecule has 4 heteroatoms. The molecule has 1 aliphatic rings. The molecule has 2 N–H and O–H groups in total. The first-order valence-corrected chi connectivity index (χ1v) is 4.97. The normalized spacial score (nSPS) is 15.1. The van der Waals surface area contributed by atoms with E-state index in [4.69, 9.17) is 15.2 Å². The molecule has 0 unspecified atom stereocenters. The molecule has 0 saturated heterocycles. The van der Waals surface area contributed by atoms with E-state index in [2.05, 4.69) is 0 Å². The predicted octanol–water partition coefficient (Wildman–Crippen LogP) is 1.83. The van der Waals surface area contributed by atoms with Gasteiger partial charge in [0.25, 0.3) is 0 Å². The van der Waals surface area contributed by atoms with Crippen molar-refractivity contribution in [1.29, 1.82) is 0 Å². The van der Waals surface area contributed by atoms with E-state index in [1.54, 1.807) is 0 Å². The molecule has 1 aliphatic carbocycles. The Bertz CT molecular complexity index is 339. The van der Waals surface area contributed by atoms with Crippen molar-refractivity contribution < 1.29 is 13.9 Å². The molecule has 82 valence electrons. The summed E-state index contributed by atoms with van der Waals surface area (Å²) >= 11 is 0. The van der Waals surface area contributed by atoms with Gasteiger partial charge in [0.2, 0.25) is 0 Å². The summed E-state index contributed by atoms with van der Waals surface area (Å²) in [6.45, 7) is 0.246. The second kappa shape index (κ2) is 4.06. The van der Waals surface area contributed by atoms with E-state index < -0.39 is 0 Å². The first-order chi connectivity index (χ1) is 7.24. The Balaban J connectivity index is 2.36. The molecule has 0 bridgehead atoms. The van der Waals surface area contributed by atoms with Crippen molar-refractivity contribution in [3.8, 4) is 11.5 Å². The van der Waals surface area contributed by atoms with Crippen LogP contribution in [0.5, 0.6) is 11.5 Å². The van der Waals surface area contributed by atoms with Crippen molar-refractivity contribution >= 4 is 0 Å². The molecule has 0 atom stereocenters. The molecule has 1 aromatic carbocycles. The van der Waals surface area contributed by atoms with Crippen molar-refractivity contribution in [3.63, 3.8) is 0 Å². The molecule has 0 aromatic heterocycles. The minimum absolute atomic E-state index is 0.245. The van der Waals surface area contributed by atoms with Crippen molar-refractivity contribution in [1.82, 2.24) is 0 Å². The summed E-state index contributed by atoms with van der Waals surface area (Å²) < 4.78 is 23.9. The summed E-state index contributed by atoms with van der Waals surface area (Å²) in [5.41, 5.74) is 6.19. The quantitative estimate of drug-likeness (QED) is 0.826. The maximum atomic E-state index is 13.1. The monoisotopic (exact) mass is 211 g/mol. The van der Waals surface area contributed by atoms with Crippen molar-refractivity contribution in [2.45, 2.75) is 25.5 Å². The minimum atomic E-state index is -0.351. The number of hydrogen-bond acceptors (Lipinski definition) is 3. The first kappa shape index (κ1) is 10.2. The molecular formula is C11H14FNO2. The summed E-state index contributed by atoms with van der Waals surface area (Å²) in [7, 11) is 1.49. The third kappa shape index (κ3) is 2.21. The number of hydrogen-bond donors (Lipinski definition) is 1. The van der Waals surface area contributed by atoms with Crippen LogP contribution in [0.15, 0.2) is 12.1 Å². The second-order valence-corrected chi connectivity index (χ2v) is 3.62. The van der Waals surface area contributed by atoms with Gasteiger partial charge < -0.3 is 15.2 Å². The SMILES string of the molecule is COc1cc(F)cc(CN)c1OC1CC1. The van der Waals surface area contributed by atoms with Gasteiger partial charge in [0.15, 0.2) is 11.5 Å². The molecule has 0 spiro atoms. The van der Waals surface area contributed by atoms with Gasteiger partial charge in [-0.15, -0.1) is 0 Å². The van der Waals surface area contributed by atoms with Crippen LogP contribution in [0.25, 0.3) is 0 Å². The van der Waals surface area contributed by atoms with Crippen LogP contribution in [-0.4, -0.2) is 13.2 Å². The lowest BCUT2D eigenvalue weighted by atomic mass is 10.2. The highest BCUT2D eigenvalue weighted by atomic mass is 19.1. The molecule has 3 nitrogen and oxygen atoms in total. The van der Waals surface area contributed by atoms with Gasteiger partial charge in [0.1, 0.15) is 5.82 Å². The maximum absolute atomic E-state index is 13.1. The van der Waals surface area contributed by atoms with Gasteiger partial charge in [0.05, 0.1) is 13.2 Å². The van der Waals surface area contributed by atoms with Crippen molar-refractivity contribution in [2.24, 2.45) is 5.73 Å². The molecule has 15 heavy (non-hydrogen) atoms. The Morgan fingerprint density at radius 2 is 2.20 bits per heavy atom. The average molecular weight is 211 g/mol. The van der Waals surface area contributed by atoms with E-state index in [1.807, 2.05) is 0 Å². The molecule has 0 amide bonds. The molecule has 0 aliphatic heterocycles. The van der Waals surface area contributed by atoms with Crippen LogP contribution < -0.4 is 15.2 Å². The van der Waals surface area contributed by atoms with E-state index in [0.29, 0.717) is 17.1 Å². The fourth-order valence-corrected chi connectivity index (χ4v) is 1.41. The molecule has 1 saturated carbocycles. The van der Waals surface area contributed by atoms with E-state index >= 15 is 0 Å². The van der Waals surface area contributed by atoms with E-state index in [1.165, 1.54) is 19.2 Å². The Hall–Kier alpha value is -1.29. The van der Waals surface area contributed by atoms with Crippen molar-refractivity contribution in [3.05, 3.63) is 23.5 Å². The summed E-state index contributed by atoms with van der Waals surface area (Å²) in [5, 5.41) is 0. The zero-order valence-electron chi connectivity index (χ0n) is 8.63. The fourth-order valence-electron chi connectivity index (χ4n) is 1.41. The van der Waals surface area contributed by atoms with E-state index in [0.717, 1.165) is 12.8 Å². The second-order valence-electron chi connectivity index (χ2n) is 3.62. The lowest BCUT2D eigenvalue weighted by molar-refractivity contribution is 0.278. The molecule has 0 heterocycles. The van der Waals surface area contributed by atoms with Gasteiger partial charge >= 0.3 is 0 Å². The number of nitrogens with two attached hydrogens (primary N) is 1. The van der Waals surface area contributed by atoms with E-state index in [-0.39, 0.29) is 18.5 Å². The smallest absolute Gasteiger partial charge is 0.166 e. The molecule has 1 aromatic rings. The van der Waals surface area contributed by atoms with Gasteiger partial charge in [-0.05, 0) is 18.9 Å². The third-order valence-corrected chi connectivity index (χ3v) is 2.35. The number of halogens is 1. The Labute approximate surface area is 88.0 Å². The standard InChI is InChI=1S/C11H14FNO2/c1-14-10-5-8(12)4-7(6-13)11(10)15-9-2-3-9/h4-5,9H,2-3,6,13H2,1H3. The Kier molecular flexibility index (Phi) is 2.77. The van der Waals surface area contributed by atoms with Crippen molar-refractivity contribution in [2.75, 3.05) is 7.11 Å². The summed E-state index contributed by atoms with van der Waals surface area (Å²) in [6, 6.07) is 2.71. The predicted molar refractivity (Wildman–Crippen MR) is 54.5 cm³/mol. The van der Waals surface area contributed by atoms with Crippen LogP contribution in [0.4, 0.5) is 4.39 Å². The highest BCUT2D eigenvalue weighted by Crippen LogP contribution is 2.37. The highest BCUT2D eigenvalue weighted by Gasteiger charge is 2.26.